The predicted molar refractivity (Wildman–Crippen MR) is 133 cm³/mol. The molecular weight excluding hydrogens is 451 g/mol. The summed E-state index contributed by atoms with van der Waals surface area (Å²) in [6, 6.07) is 21.4. The van der Waals surface area contributed by atoms with Crippen molar-refractivity contribution in [1.29, 1.82) is 0 Å². The van der Waals surface area contributed by atoms with E-state index < -0.39 is 0 Å². The molecule has 3 heterocycles. The maximum atomic E-state index is 14.1. The van der Waals surface area contributed by atoms with Gasteiger partial charge in [-0.2, -0.15) is 0 Å². The molecule has 0 spiro atoms. The Labute approximate surface area is 202 Å². The molecule has 0 aliphatic carbocycles. The molecule has 1 N–H and O–H groups in total. The van der Waals surface area contributed by atoms with Crippen LogP contribution in [0.3, 0.4) is 0 Å². The number of ether oxygens (including phenoxy) is 2. The molecule has 172 valence electrons. The van der Waals surface area contributed by atoms with Crippen molar-refractivity contribution in [2.24, 2.45) is 0 Å². The van der Waals surface area contributed by atoms with Gasteiger partial charge in [0.05, 0.1) is 31.6 Å². The summed E-state index contributed by atoms with van der Waals surface area (Å²) in [4.78, 5) is 6.63. The third-order valence-electron chi connectivity index (χ3n) is 5.91. The second kappa shape index (κ2) is 9.15. The molecule has 0 unspecified atom stereocenters. The number of anilines is 1. The number of thiocarbonyl (C=S) groups is 1. The molecule has 1 saturated heterocycles. The van der Waals surface area contributed by atoms with E-state index in [2.05, 4.69) is 10.3 Å². The van der Waals surface area contributed by atoms with Crippen molar-refractivity contribution in [3.8, 4) is 17.2 Å². The molecule has 1 aliphatic rings. The van der Waals surface area contributed by atoms with Crippen molar-refractivity contribution < 1.29 is 13.9 Å². The van der Waals surface area contributed by atoms with Crippen LogP contribution < -0.4 is 19.7 Å². The normalized spacial score (nSPS) is 17.5. The first-order chi connectivity index (χ1) is 16.6. The van der Waals surface area contributed by atoms with E-state index in [0.29, 0.717) is 16.6 Å². The van der Waals surface area contributed by atoms with Crippen LogP contribution in [0, 0.1) is 5.82 Å². The number of rotatable bonds is 6. The highest BCUT2D eigenvalue weighted by molar-refractivity contribution is 7.80. The maximum absolute atomic E-state index is 14.1. The number of pyridine rings is 1. The van der Waals surface area contributed by atoms with Crippen molar-refractivity contribution in [2.75, 3.05) is 19.1 Å². The number of halogens is 1. The highest BCUT2D eigenvalue weighted by Crippen LogP contribution is 2.45. The number of nitrogens with zero attached hydrogens (tertiary/aromatic N) is 3. The fourth-order valence-corrected chi connectivity index (χ4v) is 4.73. The first-order valence-electron chi connectivity index (χ1n) is 10.8. The number of methoxy groups -OCH3 is 2. The Balaban J connectivity index is 1.69. The molecule has 4 aromatic rings. The van der Waals surface area contributed by atoms with Gasteiger partial charge in [0.2, 0.25) is 0 Å². The Bertz CT molecular complexity index is 1330. The van der Waals surface area contributed by atoms with Crippen LogP contribution in [-0.2, 0) is 0 Å². The van der Waals surface area contributed by atoms with E-state index >= 15 is 0 Å². The molecule has 1 fully saturated rings. The smallest absolute Gasteiger partial charge is 0.174 e. The summed E-state index contributed by atoms with van der Waals surface area (Å²) in [5, 5.41) is 3.99. The molecule has 2 aromatic heterocycles. The molecular formula is C26H23FN4O2S. The summed E-state index contributed by atoms with van der Waals surface area (Å²) < 4.78 is 27.1. The zero-order chi connectivity index (χ0) is 23.7. The van der Waals surface area contributed by atoms with Gasteiger partial charge in [0.25, 0.3) is 0 Å². The van der Waals surface area contributed by atoms with Gasteiger partial charge in [-0.25, -0.2) is 4.39 Å². The van der Waals surface area contributed by atoms with Crippen LogP contribution in [0.5, 0.6) is 11.5 Å². The molecule has 6 nitrogen and oxygen atoms in total. The molecule has 0 amide bonds. The van der Waals surface area contributed by atoms with E-state index in [9.17, 15) is 4.39 Å². The number of nitrogens with one attached hydrogen (secondary N) is 1. The molecule has 8 heteroatoms. The summed E-state index contributed by atoms with van der Waals surface area (Å²) in [5.74, 6) is 1.01. The van der Waals surface area contributed by atoms with Gasteiger partial charge in [0.1, 0.15) is 23.4 Å². The Morgan fingerprint density at radius 3 is 2.59 bits per heavy atom. The van der Waals surface area contributed by atoms with Crippen molar-refractivity contribution >= 4 is 23.0 Å². The van der Waals surface area contributed by atoms with E-state index in [1.807, 2.05) is 70.3 Å². The van der Waals surface area contributed by atoms with Crippen LogP contribution in [-0.4, -0.2) is 28.9 Å². The van der Waals surface area contributed by atoms with Gasteiger partial charge in [0, 0.05) is 29.8 Å². The van der Waals surface area contributed by atoms with Crippen LogP contribution in [0.4, 0.5) is 10.1 Å². The van der Waals surface area contributed by atoms with Crippen LogP contribution in [0.15, 0.2) is 85.2 Å². The molecule has 2 aromatic carbocycles. The van der Waals surface area contributed by atoms with Crippen molar-refractivity contribution in [3.05, 3.63) is 102 Å². The molecule has 0 saturated carbocycles. The highest BCUT2D eigenvalue weighted by atomic mass is 32.1. The van der Waals surface area contributed by atoms with Crippen LogP contribution in [0.2, 0.25) is 0 Å². The van der Waals surface area contributed by atoms with Crippen LogP contribution in [0.1, 0.15) is 23.5 Å². The van der Waals surface area contributed by atoms with E-state index in [1.54, 1.807) is 26.5 Å². The lowest BCUT2D eigenvalue weighted by atomic mass is 10.0. The first kappa shape index (κ1) is 21.9. The van der Waals surface area contributed by atoms with Gasteiger partial charge in [-0.15, -0.1) is 0 Å². The highest BCUT2D eigenvalue weighted by Gasteiger charge is 2.43. The Morgan fingerprint density at radius 1 is 0.971 bits per heavy atom. The molecule has 5 rings (SSSR count). The van der Waals surface area contributed by atoms with Gasteiger partial charge >= 0.3 is 0 Å². The largest absolute Gasteiger partial charge is 0.497 e. The van der Waals surface area contributed by atoms with Gasteiger partial charge in [-0.05, 0) is 66.8 Å². The standard InChI is InChI=1S/C26H23FN4O2S/c1-32-19-11-12-21(23(16-19)33-2)31-25(24(29-26(31)34)20-9-3-4-13-28-20)22-10-6-14-30(22)18-8-5-7-17(27)15-18/h3-16,24-25H,1-2H3,(H,29,34)/t24-,25-/m1/s1. The van der Waals surface area contributed by atoms with Gasteiger partial charge < -0.3 is 24.3 Å². The zero-order valence-electron chi connectivity index (χ0n) is 18.7. The summed E-state index contributed by atoms with van der Waals surface area (Å²) >= 11 is 5.83. The van der Waals surface area contributed by atoms with Crippen molar-refractivity contribution in [1.82, 2.24) is 14.9 Å². The minimum absolute atomic E-state index is 0.247. The fraction of sp³-hybridized carbons (Fsp3) is 0.154. The third-order valence-corrected chi connectivity index (χ3v) is 6.23. The quantitative estimate of drug-likeness (QED) is 0.388. The van der Waals surface area contributed by atoms with Crippen molar-refractivity contribution in [3.63, 3.8) is 0 Å². The van der Waals surface area contributed by atoms with E-state index in [0.717, 1.165) is 22.8 Å². The minimum atomic E-state index is -0.299. The van der Waals surface area contributed by atoms with Gasteiger partial charge in [-0.1, -0.05) is 12.1 Å². The second-order valence-corrected chi connectivity index (χ2v) is 8.20. The Hall–Kier alpha value is -3.91. The average molecular weight is 475 g/mol. The maximum Gasteiger partial charge on any atom is 0.174 e. The Kier molecular flexibility index (Phi) is 5.90. The number of aromatic nitrogens is 2. The SMILES string of the molecule is COc1ccc(N2C(=S)N[C@H](c3ccccn3)[C@H]2c2cccn2-c2cccc(F)c2)c(OC)c1. The molecule has 2 atom stereocenters. The molecule has 0 radical (unpaired) electrons. The van der Waals surface area contributed by atoms with Crippen molar-refractivity contribution in [2.45, 2.75) is 12.1 Å². The Morgan fingerprint density at radius 2 is 1.85 bits per heavy atom. The summed E-state index contributed by atoms with van der Waals surface area (Å²) in [6.07, 6.45) is 3.68. The molecule has 34 heavy (non-hydrogen) atoms. The van der Waals surface area contributed by atoms with E-state index in [-0.39, 0.29) is 17.9 Å². The molecule has 1 aliphatic heterocycles. The topological polar surface area (TPSA) is 51.5 Å². The third kappa shape index (κ3) is 3.86. The second-order valence-electron chi connectivity index (χ2n) is 7.82. The number of benzene rings is 2. The lowest BCUT2D eigenvalue weighted by molar-refractivity contribution is 0.394. The summed E-state index contributed by atoms with van der Waals surface area (Å²) in [6.45, 7) is 0. The van der Waals surface area contributed by atoms with Crippen LogP contribution >= 0.6 is 12.2 Å². The number of hydrogen-bond donors (Lipinski definition) is 1. The fourth-order valence-electron chi connectivity index (χ4n) is 4.39. The molecule has 0 bridgehead atoms. The monoisotopic (exact) mass is 474 g/mol. The van der Waals surface area contributed by atoms with E-state index in [4.69, 9.17) is 21.7 Å². The zero-order valence-corrected chi connectivity index (χ0v) is 19.5. The predicted octanol–water partition coefficient (Wildman–Crippen LogP) is 5.21. The summed E-state index contributed by atoms with van der Waals surface area (Å²) in [7, 11) is 3.23. The van der Waals surface area contributed by atoms with E-state index in [1.165, 1.54) is 12.1 Å². The van der Waals surface area contributed by atoms with Gasteiger partial charge in [-0.3, -0.25) is 4.98 Å². The first-order valence-corrected chi connectivity index (χ1v) is 11.2. The lowest BCUT2D eigenvalue weighted by Gasteiger charge is -2.30. The summed E-state index contributed by atoms with van der Waals surface area (Å²) in [5.41, 5.74) is 3.28. The lowest BCUT2D eigenvalue weighted by Crippen LogP contribution is -2.30. The average Bonchev–Trinajstić information content (AvgIpc) is 3.48. The minimum Gasteiger partial charge on any atom is -0.497 e. The number of hydrogen-bond acceptors (Lipinski definition) is 4. The van der Waals surface area contributed by atoms with Crippen LogP contribution in [0.25, 0.3) is 5.69 Å². The van der Waals surface area contributed by atoms with Gasteiger partial charge in [0.15, 0.2) is 5.11 Å².